The monoisotopic (exact) mass is 362 g/mol. The van der Waals surface area contributed by atoms with Gasteiger partial charge in [-0.1, -0.05) is 23.7 Å². The Labute approximate surface area is 146 Å². The molecule has 3 aromatic rings. The predicted octanol–water partition coefficient (Wildman–Crippen LogP) is 2.94. The molecule has 0 bridgehead atoms. The topological polar surface area (TPSA) is 81.4 Å². The molecule has 0 aliphatic carbocycles. The third kappa shape index (κ3) is 3.18. The van der Waals surface area contributed by atoms with Crippen molar-refractivity contribution >= 4 is 28.6 Å². The minimum absolute atomic E-state index is 0.118. The molecule has 1 aromatic heterocycles. The average molecular weight is 363 g/mol. The van der Waals surface area contributed by atoms with E-state index in [9.17, 15) is 14.0 Å². The highest BCUT2D eigenvalue weighted by Crippen LogP contribution is 2.20. The van der Waals surface area contributed by atoms with Crippen molar-refractivity contribution in [3.63, 3.8) is 0 Å². The van der Waals surface area contributed by atoms with E-state index in [1.807, 2.05) is 0 Å². The Bertz CT molecular complexity index is 1030. The van der Waals surface area contributed by atoms with E-state index in [-0.39, 0.29) is 22.7 Å². The molecule has 2 aromatic carbocycles. The van der Waals surface area contributed by atoms with Crippen LogP contribution in [0.2, 0.25) is 5.15 Å². The normalized spacial score (nSPS) is 10.8. The van der Waals surface area contributed by atoms with Crippen molar-refractivity contribution in [3.8, 4) is 5.75 Å². The van der Waals surface area contributed by atoms with Crippen LogP contribution >= 0.6 is 11.6 Å². The number of aromatic carboxylic acids is 1. The molecule has 0 atom stereocenters. The molecule has 0 aliphatic heterocycles. The van der Waals surface area contributed by atoms with Gasteiger partial charge >= 0.3 is 5.97 Å². The number of hydrogen-bond acceptors (Lipinski definition) is 4. The molecule has 0 fully saturated rings. The minimum atomic E-state index is -1.43. The predicted molar refractivity (Wildman–Crippen MR) is 90.0 cm³/mol. The number of benzene rings is 2. The van der Waals surface area contributed by atoms with Crippen LogP contribution in [0.3, 0.4) is 0 Å². The van der Waals surface area contributed by atoms with Crippen LogP contribution in [0, 0.1) is 5.82 Å². The molecule has 1 N–H and O–H groups in total. The van der Waals surface area contributed by atoms with Crippen molar-refractivity contribution in [2.75, 3.05) is 7.11 Å². The zero-order valence-corrected chi connectivity index (χ0v) is 13.7. The maximum atomic E-state index is 14.0. The van der Waals surface area contributed by atoms with E-state index in [1.165, 1.54) is 4.57 Å². The summed E-state index contributed by atoms with van der Waals surface area (Å²) in [5, 5.41) is 8.71. The quantitative estimate of drug-likeness (QED) is 0.771. The maximum Gasteiger partial charge on any atom is 0.338 e. The van der Waals surface area contributed by atoms with Gasteiger partial charge in [-0.05, 0) is 23.8 Å². The Hall–Kier alpha value is -2.93. The van der Waals surface area contributed by atoms with Crippen molar-refractivity contribution in [2.24, 2.45) is 0 Å². The number of ether oxygens (including phenoxy) is 1. The third-order valence-corrected chi connectivity index (χ3v) is 3.97. The summed E-state index contributed by atoms with van der Waals surface area (Å²) in [6, 6.07) is 9.01. The highest BCUT2D eigenvalue weighted by molar-refractivity contribution is 6.29. The Balaban J connectivity index is 2.18. The first-order chi connectivity index (χ1) is 11.9. The zero-order valence-electron chi connectivity index (χ0n) is 13.0. The smallest absolute Gasteiger partial charge is 0.338 e. The van der Waals surface area contributed by atoms with Crippen molar-refractivity contribution in [2.45, 2.75) is 6.54 Å². The van der Waals surface area contributed by atoms with E-state index < -0.39 is 22.9 Å². The number of methoxy groups -OCH3 is 1. The second-order valence-electron chi connectivity index (χ2n) is 5.27. The molecule has 0 unspecified atom stereocenters. The summed E-state index contributed by atoms with van der Waals surface area (Å²) in [7, 11) is 1.54. The average Bonchev–Trinajstić information content (AvgIpc) is 2.59. The van der Waals surface area contributed by atoms with Crippen molar-refractivity contribution in [1.29, 1.82) is 0 Å². The summed E-state index contributed by atoms with van der Waals surface area (Å²) in [5.41, 5.74) is -0.0861. The van der Waals surface area contributed by atoms with E-state index >= 15 is 0 Å². The van der Waals surface area contributed by atoms with Gasteiger partial charge < -0.3 is 9.84 Å². The number of rotatable bonds is 4. The van der Waals surface area contributed by atoms with Gasteiger partial charge in [-0.2, -0.15) is 0 Å². The van der Waals surface area contributed by atoms with E-state index in [0.29, 0.717) is 5.75 Å². The number of nitrogens with zero attached hydrogens (tertiary/aromatic N) is 2. The number of carboxylic acid groups (broad SMARTS) is 1. The highest BCUT2D eigenvalue weighted by Gasteiger charge is 2.17. The summed E-state index contributed by atoms with van der Waals surface area (Å²) in [4.78, 5) is 27.3. The number of fused-ring (bicyclic) bond motifs is 1. The number of carboxylic acids is 1. The molecule has 0 amide bonds. The molecule has 6 nitrogen and oxygen atoms in total. The number of carbonyl (C=O) groups is 1. The molecule has 0 saturated carbocycles. The third-order valence-electron chi connectivity index (χ3n) is 3.73. The van der Waals surface area contributed by atoms with Gasteiger partial charge in [0.05, 0.1) is 30.3 Å². The molecule has 128 valence electrons. The summed E-state index contributed by atoms with van der Waals surface area (Å²) in [6.07, 6.45) is 0. The van der Waals surface area contributed by atoms with Gasteiger partial charge in [-0.3, -0.25) is 9.36 Å². The molecular weight excluding hydrogens is 351 g/mol. The maximum absolute atomic E-state index is 14.0. The largest absolute Gasteiger partial charge is 0.497 e. The lowest BCUT2D eigenvalue weighted by atomic mass is 10.1. The van der Waals surface area contributed by atoms with Crippen molar-refractivity contribution in [3.05, 3.63) is 68.8 Å². The van der Waals surface area contributed by atoms with E-state index in [4.69, 9.17) is 21.4 Å². The summed E-state index contributed by atoms with van der Waals surface area (Å²) in [6.45, 7) is 0.118. The minimum Gasteiger partial charge on any atom is -0.497 e. The summed E-state index contributed by atoms with van der Waals surface area (Å²) < 4.78 is 20.4. The van der Waals surface area contributed by atoms with E-state index in [0.717, 1.165) is 17.7 Å². The fourth-order valence-electron chi connectivity index (χ4n) is 2.47. The second kappa shape index (κ2) is 6.52. The molecule has 25 heavy (non-hydrogen) atoms. The van der Waals surface area contributed by atoms with Crippen LogP contribution in [0.1, 0.15) is 15.9 Å². The number of aromatic nitrogens is 2. The zero-order chi connectivity index (χ0) is 18.1. The van der Waals surface area contributed by atoms with Crippen LogP contribution < -0.4 is 10.3 Å². The standard InChI is InChI=1S/C17H12ClFN2O4/c1-25-10-4-2-9(3-5-10)8-21-14-7-12(19)11(17(23)24)6-13(14)20-15(18)16(21)22/h2-7H,8H2,1H3,(H,23,24). The Morgan fingerprint density at radius 1 is 1.32 bits per heavy atom. The van der Waals surface area contributed by atoms with Gasteiger partial charge in [-0.15, -0.1) is 0 Å². The first-order valence-electron chi connectivity index (χ1n) is 7.16. The highest BCUT2D eigenvalue weighted by atomic mass is 35.5. The van der Waals surface area contributed by atoms with Gasteiger partial charge in [0, 0.05) is 6.07 Å². The number of hydrogen-bond donors (Lipinski definition) is 1. The van der Waals surface area contributed by atoms with E-state index in [1.54, 1.807) is 31.4 Å². The fraction of sp³-hybridized carbons (Fsp3) is 0.118. The van der Waals surface area contributed by atoms with Crippen LogP contribution in [0.15, 0.2) is 41.2 Å². The lowest BCUT2D eigenvalue weighted by Gasteiger charge is -2.12. The fourth-order valence-corrected chi connectivity index (χ4v) is 2.66. The molecular formula is C17H12ClFN2O4. The molecule has 0 aliphatic rings. The van der Waals surface area contributed by atoms with Gasteiger partial charge in [0.25, 0.3) is 5.56 Å². The lowest BCUT2D eigenvalue weighted by Crippen LogP contribution is -2.23. The Kier molecular flexibility index (Phi) is 4.41. The van der Waals surface area contributed by atoms with Gasteiger partial charge in [0.2, 0.25) is 0 Å². The molecule has 0 radical (unpaired) electrons. The van der Waals surface area contributed by atoms with Crippen LogP contribution in [-0.2, 0) is 6.54 Å². The number of halogens is 2. The van der Waals surface area contributed by atoms with Crippen LogP contribution in [0.25, 0.3) is 11.0 Å². The summed E-state index contributed by atoms with van der Waals surface area (Å²) >= 11 is 5.87. The van der Waals surface area contributed by atoms with Crippen molar-refractivity contribution in [1.82, 2.24) is 9.55 Å². The summed E-state index contributed by atoms with van der Waals surface area (Å²) in [5.74, 6) is -1.72. The molecule has 3 rings (SSSR count). The van der Waals surface area contributed by atoms with E-state index in [2.05, 4.69) is 4.98 Å². The molecule has 1 heterocycles. The lowest BCUT2D eigenvalue weighted by molar-refractivity contribution is 0.0692. The van der Waals surface area contributed by atoms with Crippen molar-refractivity contribution < 1.29 is 19.0 Å². The Morgan fingerprint density at radius 2 is 2.00 bits per heavy atom. The van der Waals surface area contributed by atoms with Gasteiger partial charge in [0.1, 0.15) is 11.6 Å². The molecule has 0 saturated heterocycles. The van der Waals surface area contributed by atoms with Crippen LogP contribution in [-0.4, -0.2) is 27.7 Å². The second-order valence-corrected chi connectivity index (χ2v) is 5.63. The molecule has 0 spiro atoms. The van der Waals surface area contributed by atoms with Gasteiger partial charge in [-0.25, -0.2) is 14.2 Å². The van der Waals surface area contributed by atoms with Crippen LogP contribution in [0.4, 0.5) is 4.39 Å². The van der Waals surface area contributed by atoms with Gasteiger partial charge in [0.15, 0.2) is 5.15 Å². The molecule has 8 heteroatoms. The first kappa shape index (κ1) is 16.9. The first-order valence-corrected chi connectivity index (χ1v) is 7.54. The van der Waals surface area contributed by atoms with Crippen LogP contribution in [0.5, 0.6) is 5.75 Å². The SMILES string of the molecule is COc1ccc(Cn2c(=O)c(Cl)nc3cc(C(=O)O)c(F)cc32)cc1. The Morgan fingerprint density at radius 3 is 2.60 bits per heavy atom.